The standard InChI is InChI=1S/C24H21F2N5O2/c25-20-9-16(3-4-18(20)11-27)17-5-6-19(21(26)10-17)22-28-29-24(33)31(22)13-14-7-8-30(12-14)23(32)15-1-2-15/h3-6,9-10,14-15H,1-2,7-8,12-13H2,(H,29,33). The molecule has 1 aliphatic heterocycles. The number of carbonyl (C=O) groups is 1. The Balaban J connectivity index is 1.38. The van der Waals surface area contributed by atoms with E-state index in [0.717, 1.165) is 19.3 Å². The highest BCUT2D eigenvalue weighted by molar-refractivity contribution is 5.81. The number of H-pyrrole nitrogens is 1. The van der Waals surface area contributed by atoms with E-state index in [4.69, 9.17) is 5.26 Å². The Labute approximate surface area is 188 Å². The van der Waals surface area contributed by atoms with Crippen LogP contribution in [0.5, 0.6) is 0 Å². The van der Waals surface area contributed by atoms with Crippen molar-refractivity contribution in [3.05, 3.63) is 64.1 Å². The summed E-state index contributed by atoms with van der Waals surface area (Å²) in [6, 6.07) is 10.2. The largest absolute Gasteiger partial charge is 0.343 e. The number of amides is 1. The van der Waals surface area contributed by atoms with E-state index in [-0.39, 0.29) is 34.7 Å². The van der Waals surface area contributed by atoms with Gasteiger partial charge in [0.1, 0.15) is 17.7 Å². The molecular formula is C24H21F2N5O2. The maximum absolute atomic E-state index is 15.1. The summed E-state index contributed by atoms with van der Waals surface area (Å²) in [4.78, 5) is 26.6. The molecule has 1 aliphatic carbocycles. The number of aromatic nitrogens is 3. The van der Waals surface area contributed by atoms with Crippen molar-refractivity contribution < 1.29 is 13.6 Å². The van der Waals surface area contributed by atoms with E-state index in [1.165, 1.54) is 28.8 Å². The van der Waals surface area contributed by atoms with Gasteiger partial charge in [-0.15, -0.1) is 0 Å². The molecule has 0 radical (unpaired) electrons. The zero-order chi connectivity index (χ0) is 23.1. The minimum atomic E-state index is -0.675. The second-order valence-corrected chi connectivity index (χ2v) is 8.68. The quantitative estimate of drug-likeness (QED) is 0.647. The fraction of sp³-hybridized carbons (Fsp3) is 0.333. The summed E-state index contributed by atoms with van der Waals surface area (Å²) >= 11 is 0. The zero-order valence-electron chi connectivity index (χ0n) is 17.7. The van der Waals surface area contributed by atoms with Crippen molar-refractivity contribution in [2.45, 2.75) is 25.8 Å². The number of aromatic amines is 1. The summed E-state index contributed by atoms with van der Waals surface area (Å²) < 4.78 is 30.4. The van der Waals surface area contributed by atoms with Gasteiger partial charge in [-0.3, -0.25) is 9.36 Å². The van der Waals surface area contributed by atoms with Gasteiger partial charge in [0.2, 0.25) is 5.91 Å². The lowest BCUT2D eigenvalue weighted by Crippen LogP contribution is -2.31. The summed E-state index contributed by atoms with van der Waals surface area (Å²) in [5, 5.41) is 15.3. The van der Waals surface area contributed by atoms with Crippen LogP contribution in [0.2, 0.25) is 0 Å². The molecular weight excluding hydrogens is 428 g/mol. The maximum atomic E-state index is 15.1. The maximum Gasteiger partial charge on any atom is 0.343 e. The minimum Gasteiger partial charge on any atom is -0.342 e. The van der Waals surface area contributed by atoms with E-state index in [1.54, 1.807) is 18.2 Å². The van der Waals surface area contributed by atoms with Crippen LogP contribution < -0.4 is 5.69 Å². The molecule has 0 bridgehead atoms. The molecule has 1 unspecified atom stereocenters. The summed E-state index contributed by atoms with van der Waals surface area (Å²) in [6.45, 7) is 1.59. The third-order valence-electron chi connectivity index (χ3n) is 6.36. The first-order valence-electron chi connectivity index (χ1n) is 10.9. The monoisotopic (exact) mass is 449 g/mol. The van der Waals surface area contributed by atoms with Gasteiger partial charge in [-0.2, -0.15) is 10.4 Å². The third-order valence-corrected chi connectivity index (χ3v) is 6.36. The lowest BCUT2D eigenvalue weighted by molar-refractivity contribution is -0.131. The Kier molecular flexibility index (Phi) is 5.29. The number of rotatable bonds is 5. The van der Waals surface area contributed by atoms with Crippen LogP contribution in [-0.2, 0) is 11.3 Å². The SMILES string of the molecule is N#Cc1ccc(-c2ccc(-c3n[nH]c(=O)n3CC3CCN(C(=O)C4CC4)C3)c(F)c2)cc1F. The van der Waals surface area contributed by atoms with Crippen LogP contribution in [0.3, 0.4) is 0 Å². The van der Waals surface area contributed by atoms with Crippen molar-refractivity contribution in [1.29, 1.82) is 5.26 Å². The summed E-state index contributed by atoms with van der Waals surface area (Å²) in [7, 11) is 0. The molecule has 168 valence electrons. The fourth-order valence-corrected chi connectivity index (χ4v) is 4.38. The second kappa shape index (κ2) is 8.28. The second-order valence-electron chi connectivity index (χ2n) is 8.68. The molecule has 1 aromatic heterocycles. The van der Waals surface area contributed by atoms with E-state index >= 15 is 4.39 Å². The number of nitrogens with zero attached hydrogens (tertiary/aromatic N) is 4. The number of likely N-dealkylation sites (tertiary alicyclic amines) is 1. The van der Waals surface area contributed by atoms with E-state index < -0.39 is 17.3 Å². The van der Waals surface area contributed by atoms with Gasteiger partial charge in [0.05, 0.1) is 11.1 Å². The van der Waals surface area contributed by atoms with Gasteiger partial charge in [-0.05, 0) is 60.6 Å². The van der Waals surface area contributed by atoms with Crippen molar-refractivity contribution in [3.8, 4) is 28.6 Å². The Hall–Kier alpha value is -3.80. The average Bonchev–Trinajstić information content (AvgIpc) is 3.46. The van der Waals surface area contributed by atoms with Crippen LogP contribution in [0, 0.1) is 34.8 Å². The molecule has 2 fully saturated rings. The number of carbonyl (C=O) groups excluding carboxylic acids is 1. The number of nitriles is 1. The first-order chi connectivity index (χ1) is 15.9. The van der Waals surface area contributed by atoms with Gasteiger partial charge in [-0.25, -0.2) is 18.7 Å². The van der Waals surface area contributed by atoms with Crippen molar-refractivity contribution in [2.24, 2.45) is 11.8 Å². The molecule has 1 saturated carbocycles. The van der Waals surface area contributed by atoms with E-state index in [1.807, 2.05) is 4.90 Å². The molecule has 33 heavy (non-hydrogen) atoms. The summed E-state index contributed by atoms with van der Waals surface area (Å²) in [5.41, 5.74) is 0.502. The van der Waals surface area contributed by atoms with Crippen molar-refractivity contribution in [1.82, 2.24) is 19.7 Å². The van der Waals surface area contributed by atoms with E-state index in [2.05, 4.69) is 10.2 Å². The molecule has 2 heterocycles. The van der Waals surface area contributed by atoms with Crippen LogP contribution in [0.25, 0.3) is 22.5 Å². The van der Waals surface area contributed by atoms with Gasteiger partial charge in [0, 0.05) is 25.6 Å². The lowest BCUT2D eigenvalue weighted by atomic mass is 10.0. The number of hydrogen-bond donors (Lipinski definition) is 1. The zero-order valence-corrected chi connectivity index (χ0v) is 17.7. The molecule has 0 spiro atoms. The normalized spacial score (nSPS) is 17.8. The molecule has 5 rings (SSSR count). The molecule has 1 atom stereocenters. The molecule has 9 heteroatoms. The Morgan fingerprint density at radius 1 is 1.12 bits per heavy atom. The number of hydrogen-bond acceptors (Lipinski definition) is 4. The molecule has 1 amide bonds. The Bertz CT molecular complexity index is 1340. The number of halogens is 2. The van der Waals surface area contributed by atoms with Gasteiger partial charge < -0.3 is 4.90 Å². The third kappa shape index (κ3) is 4.04. The van der Waals surface area contributed by atoms with E-state index in [0.29, 0.717) is 30.8 Å². The predicted octanol–water partition coefficient (Wildman–Crippen LogP) is 3.31. The van der Waals surface area contributed by atoms with Crippen LogP contribution in [0.1, 0.15) is 24.8 Å². The average molecular weight is 449 g/mol. The highest BCUT2D eigenvalue weighted by Gasteiger charge is 2.37. The molecule has 1 N–H and O–H groups in total. The topological polar surface area (TPSA) is 94.8 Å². The van der Waals surface area contributed by atoms with Crippen LogP contribution in [0.4, 0.5) is 8.78 Å². The number of nitrogens with one attached hydrogen (secondary N) is 1. The highest BCUT2D eigenvalue weighted by Crippen LogP contribution is 2.33. The Morgan fingerprint density at radius 3 is 2.52 bits per heavy atom. The van der Waals surface area contributed by atoms with Gasteiger partial charge in [-0.1, -0.05) is 12.1 Å². The highest BCUT2D eigenvalue weighted by atomic mass is 19.1. The van der Waals surface area contributed by atoms with Crippen LogP contribution in [0.15, 0.2) is 41.2 Å². The van der Waals surface area contributed by atoms with Gasteiger partial charge in [0.25, 0.3) is 0 Å². The minimum absolute atomic E-state index is 0.0827. The summed E-state index contributed by atoms with van der Waals surface area (Å²) in [5.74, 6) is -0.653. The van der Waals surface area contributed by atoms with Gasteiger partial charge >= 0.3 is 5.69 Å². The molecule has 2 aromatic carbocycles. The van der Waals surface area contributed by atoms with Crippen molar-refractivity contribution >= 4 is 5.91 Å². The smallest absolute Gasteiger partial charge is 0.342 e. The van der Waals surface area contributed by atoms with Crippen LogP contribution in [-0.4, -0.2) is 38.7 Å². The Morgan fingerprint density at radius 2 is 1.85 bits per heavy atom. The molecule has 3 aromatic rings. The van der Waals surface area contributed by atoms with Crippen LogP contribution >= 0.6 is 0 Å². The molecule has 1 saturated heterocycles. The van der Waals surface area contributed by atoms with Gasteiger partial charge in [0.15, 0.2) is 5.82 Å². The predicted molar refractivity (Wildman–Crippen MR) is 116 cm³/mol. The first-order valence-corrected chi connectivity index (χ1v) is 10.9. The van der Waals surface area contributed by atoms with Crippen molar-refractivity contribution in [2.75, 3.05) is 13.1 Å². The first kappa shape index (κ1) is 21.1. The molecule has 7 nitrogen and oxygen atoms in total. The van der Waals surface area contributed by atoms with Crippen molar-refractivity contribution in [3.63, 3.8) is 0 Å². The fourth-order valence-electron chi connectivity index (χ4n) is 4.38. The lowest BCUT2D eigenvalue weighted by Gasteiger charge is -2.16. The number of benzene rings is 2. The summed E-state index contributed by atoms with van der Waals surface area (Å²) in [6.07, 6.45) is 2.69. The molecule has 2 aliphatic rings. The van der Waals surface area contributed by atoms with E-state index in [9.17, 15) is 14.0 Å².